The number of rotatable bonds is 2. The lowest BCUT2D eigenvalue weighted by atomic mass is 10.1. The second-order valence-corrected chi connectivity index (χ2v) is 3.44. The van der Waals surface area contributed by atoms with Gasteiger partial charge in [0.1, 0.15) is 5.75 Å². The number of hydrogen-bond acceptors (Lipinski definition) is 2. The summed E-state index contributed by atoms with van der Waals surface area (Å²) in [6.45, 7) is 1.43. The smallest absolute Gasteiger partial charge is 0.406 e. The minimum atomic E-state index is -4.64. The van der Waals surface area contributed by atoms with E-state index < -0.39 is 6.36 Å². The number of benzene rings is 1. The summed E-state index contributed by atoms with van der Waals surface area (Å²) in [6.07, 6.45) is -2.69. The molecule has 5 heteroatoms. The Labute approximate surface area is 90.7 Å². The molecular weight excluding hydrogens is 219 g/mol. The zero-order valence-corrected chi connectivity index (χ0v) is 8.34. The molecule has 2 rings (SSSR count). The maximum atomic E-state index is 12.0. The first-order valence-corrected chi connectivity index (χ1v) is 4.80. The Morgan fingerprint density at radius 1 is 1.25 bits per heavy atom. The second kappa shape index (κ2) is 4.17. The van der Waals surface area contributed by atoms with E-state index in [2.05, 4.69) is 10.1 Å². The molecule has 0 radical (unpaired) electrons. The predicted molar refractivity (Wildman–Crippen MR) is 54.0 cm³/mol. The Morgan fingerprint density at radius 2 is 2.06 bits per heavy atom. The second-order valence-electron chi connectivity index (χ2n) is 3.44. The van der Waals surface area contributed by atoms with E-state index >= 15 is 0 Å². The van der Waals surface area contributed by atoms with E-state index in [4.69, 9.17) is 0 Å². The van der Waals surface area contributed by atoms with Crippen molar-refractivity contribution in [2.45, 2.75) is 6.36 Å². The van der Waals surface area contributed by atoms with Gasteiger partial charge in [-0.3, -0.25) is 0 Å². The molecule has 0 aliphatic carbocycles. The van der Waals surface area contributed by atoms with Gasteiger partial charge in [-0.25, -0.2) is 0 Å². The number of alkyl halides is 3. The Bertz CT molecular complexity index is 412. The lowest BCUT2D eigenvalue weighted by Crippen LogP contribution is -2.17. The van der Waals surface area contributed by atoms with Crippen LogP contribution in [0.3, 0.4) is 0 Å². The molecule has 1 heterocycles. The molecule has 0 aromatic heterocycles. The van der Waals surface area contributed by atoms with Gasteiger partial charge in [0.2, 0.25) is 0 Å². The van der Waals surface area contributed by atoms with E-state index in [9.17, 15) is 13.2 Å². The van der Waals surface area contributed by atoms with Crippen molar-refractivity contribution in [1.29, 1.82) is 0 Å². The first kappa shape index (κ1) is 11.0. The third-order valence-electron chi connectivity index (χ3n) is 2.25. The summed E-state index contributed by atoms with van der Waals surface area (Å²) >= 11 is 0. The van der Waals surface area contributed by atoms with Gasteiger partial charge >= 0.3 is 6.36 Å². The van der Waals surface area contributed by atoms with Crippen LogP contribution < -0.4 is 10.1 Å². The number of nitrogens with one attached hydrogen (secondary N) is 1. The molecule has 1 aromatic rings. The van der Waals surface area contributed by atoms with Crippen molar-refractivity contribution in [3.05, 3.63) is 35.9 Å². The van der Waals surface area contributed by atoms with Crippen molar-refractivity contribution in [2.24, 2.45) is 0 Å². The summed E-state index contributed by atoms with van der Waals surface area (Å²) in [4.78, 5) is 0. The van der Waals surface area contributed by atoms with Crippen molar-refractivity contribution < 1.29 is 17.9 Å². The van der Waals surface area contributed by atoms with E-state index in [0.717, 1.165) is 17.7 Å². The Morgan fingerprint density at radius 3 is 2.69 bits per heavy atom. The van der Waals surface area contributed by atoms with Gasteiger partial charge < -0.3 is 10.1 Å². The number of halogens is 3. The molecule has 16 heavy (non-hydrogen) atoms. The van der Waals surface area contributed by atoms with Gasteiger partial charge in [-0.1, -0.05) is 18.2 Å². The monoisotopic (exact) mass is 229 g/mol. The summed E-state index contributed by atoms with van der Waals surface area (Å²) in [5.74, 6) is -0.183. The van der Waals surface area contributed by atoms with Crippen LogP contribution in [-0.4, -0.2) is 19.5 Å². The van der Waals surface area contributed by atoms with E-state index in [1.165, 1.54) is 12.1 Å². The standard InChI is InChI=1S/C11H10F3NO/c12-11(13,14)16-10-3-1-2-8(6-10)9-4-5-15-7-9/h1-4,6,15H,5,7H2. The fourth-order valence-corrected chi connectivity index (χ4v) is 1.59. The molecule has 0 unspecified atom stereocenters. The maximum Gasteiger partial charge on any atom is 0.573 e. The minimum absolute atomic E-state index is 0.183. The summed E-state index contributed by atoms with van der Waals surface area (Å²) < 4.78 is 39.9. The van der Waals surface area contributed by atoms with Gasteiger partial charge in [0.25, 0.3) is 0 Å². The highest BCUT2D eigenvalue weighted by molar-refractivity contribution is 5.69. The lowest BCUT2D eigenvalue weighted by Gasteiger charge is -2.10. The fraction of sp³-hybridized carbons (Fsp3) is 0.273. The Balaban J connectivity index is 2.19. The average molecular weight is 229 g/mol. The quantitative estimate of drug-likeness (QED) is 0.841. The maximum absolute atomic E-state index is 12.0. The molecule has 0 saturated heterocycles. The van der Waals surface area contributed by atoms with Gasteiger partial charge in [-0.05, 0) is 23.3 Å². The van der Waals surface area contributed by atoms with Gasteiger partial charge in [-0.15, -0.1) is 13.2 Å². The van der Waals surface area contributed by atoms with Crippen LogP contribution in [0.15, 0.2) is 30.3 Å². The Kier molecular flexibility index (Phi) is 2.87. The zero-order chi connectivity index (χ0) is 11.6. The molecule has 0 amide bonds. The van der Waals surface area contributed by atoms with E-state index in [0.29, 0.717) is 6.54 Å². The summed E-state index contributed by atoms with van der Waals surface area (Å²) in [5, 5.41) is 3.08. The third kappa shape index (κ3) is 2.76. The molecule has 1 aliphatic rings. The van der Waals surface area contributed by atoms with Crippen LogP contribution in [-0.2, 0) is 0 Å². The van der Waals surface area contributed by atoms with Gasteiger partial charge in [0, 0.05) is 13.1 Å². The van der Waals surface area contributed by atoms with Crippen molar-refractivity contribution in [2.75, 3.05) is 13.1 Å². The number of hydrogen-bond donors (Lipinski definition) is 1. The van der Waals surface area contributed by atoms with Crippen LogP contribution in [0.5, 0.6) is 5.75 Å². The summed E-state index contributed by atoms with van der Waals surface area (Å²) in [6, 6.07) is 6.00. The van der Waals surface area contributed by atoms with Crippen LogP contribution >= 0.6 is 0 Å². The largest absolute Gasteiger partial charge is 0.573 e. The first-order valence-electron chi connectivity index (χ1n) is 4.80. The van der Waals surface area contributed by atoms with Crippen LogP contribution in [0.1, 0.15) is 5.56 Å². The minimum Gasteiger partial charge on any atom is -0.406 e. The Hall–Kier alpha value is -1.49. The molecule has 86 valence electrons. The van der Waals surface area contributed by atoms with Crippen LogP contribution in [0.2, 0.25) is 0 Å². The summed E-state index contributed by atoms with van der Waals surface area (Å²) in [7, 11) is 0. The van der Waals surface area contributed by atoms with E-state index in [1.807, 2.05) is 6.08 Å². The fourth-order valence-electron chi connectivity index (χ4n) is 1.59. The highest BCUT2D eigenvalue weighted by Gasteiger charge is 2.31. The highest BCUT2D eigenvalue weighted by Crippen LogP contribution is 2.26. The number of ether oxygens (including phenoxy) is 1. The van der Waals surface area contributed by atoms with E-state index in [1.54, 1.807) is 12.1 Å². The molecule has 1 N–H and O–H groups in total. The SMILES string of the molecule is FC(F)(F)Oc1cccc(C2=CCNC2)c1. The van der Waals surface area contributed by atoms with Gasteiger partial charge in [-0.2, -0.15) is 0 Å². The van der Waals surface area contributed by atoms with Crippen molar-refractivity contribution >= 4 is 5.57 Å². The first-order chi connectivity index (χ1) is 7.54. The summed E-state index contributed by atoms with van der Waals surface area (Å²) in [5.41, 5.74) is 1.75. The highest BCUT2D eigenvalue weighted by atomic mass is 19.4. The lowest BCUT2D eigenvalue weighted by molar-refractivity contribution is -0.274. The van der Waals surface area contributed by atoms with E-state index in [-0.39, 0.29) is 5.75 Å². The molecule has 1 aliphatic heterocycles. The van der Waals surface area contributed by atoms with Crippen LogP contribution in [0, 0.1) is 0 Å². The third-order valence-corrected chi connectivity index (χ3v) is 2.25. The van der Waals surface area contributed by atoms with Crippen molar-refractivity contribution in [3.63, 3.8) is 0 Å². The molecule has 1 aromatic carbocycles. The molecular formula is C11H10F3NO. The molecule has 0 fully saturated rings. The van der Waals surface area contributed by atoms with Crippen molar-refractivity contribution in [1.82, 2.24) is 5.32 Å². The van der Waals surface area contributed by atoms with Gasteiger partial charge in [0.15, 0.2) is 0 Å². The predicted octanol–water partition coefficient (Wildman–Crippen LogP) is 2.57. The molecule has 0 saturated carbocycles. The zero-order valence-electron chi connectivity index (χ0n) is 8.34. The normalized spacial score (nSPS) is 16.1. The van der Waals surface area contributed by atoms with Crippen molar-refractivity contribution in [3.8, 4) is 5.75 Å². The molecule has 0 bridgehead atoms. The van der Waals surface area contributed by atoms with Crippen LogP contribution in [0.25, 0.3) is 5.57 Å². The van der Waals surface area contributed by atoms with Gasteiger partial charge in [0.05, 0.1) is 0 Å². The topological polar surface area (TPSA) is 21.3 Å². The van der Waals surface area contributed by atoms with Crippen LogP contribution in [0.4, 0.5) is 13.2 Å². The average Bonchev–Trinajstić information content (AvgIpc) is 2.68. The molecule has 0 atom stereocenters. The molecule has 0 spiro atoms. The molecule has 2 nitrogen and oxygen atoms in total.